The van der Waals surface area contributed by atoms with Gasteiger partial charge in [-0.15, -0.1) is 0 Å². The third kappa shape index (κ3) is 6.44. The Morgan fingerprint density at radius 2 is 1.59 bits per heavy atom. The summed E-state index contributed by atoms with van der Waals surface area (Å²) in [6.45, 7) is 6.78. The number of carbonyl (C=O) groups is 1. The number of nitrogens with zero attached hydrogens (tertiary/aromatic N) is 1. The standard InChI is InChI=1S/C23H30N2O6S/c1-3-30-21-10-7-19(15-22(21)31-4-2)16-24-23(26)20-8-5-18(6-9-20)17-32(27,28)25-11-13-29-14-12-25/h5-10,15H,3-4,11-14,16-17H2,1-2H3,(H,24,26). The van der Waals surface area contributed by atoms with Crippen molar-refractivity contribution in [1.82, 2.24) is 9.62 Å². The number of nitrogens with one attached hydrogen (secondary N) is 1. The summed E-state index contributed by atoms with van der Waals surface area (Å²) in [5.41, 5.74) is 1.99. The van der Waals surface area contributed by atoms with Crippen molar-refractivity contribution < 1.29 is 27.4 Å². The van der Waals surface area contributed by atoms with Crippen LogP contribution in [-0.4, -0.2) is 58.1 Å². The lowest BCUT2D eigenvalue weighted by atomic mass is 10.1. The zero-order valence-corrected chi connectivity index (χ0v) is 19.3. The predicted octanol–water partition coefficient (Wildman–Crippen LogP) is 2.58. The molecule has 0 saturated carbocycles. The van der Waals surface area contributed by atoms with Crippen LogP contribution in [0, 0.1) is 0 Å². The minimum atomic E-state index is -3.40. The Hall–Kier alpha value is -2.62. The number of morpholine rings is 1. The Morgan fingerprint density at radius 1 is 0.969 bits per heavy atom. The maximum absolute atomic E-state index is 12.5. The molecule has 1 saturated heterocycles. The van der Waals surface area contributed by atoms with Crippen LogP contribution < -0.4 is 14.8 Å². The molecule has 1 amide bonds. The summed E-state index contributed by atoms with van der Waals surface area (Å²) >= 11 is 0. The van der Waals surface area contributed by atoms with Crippen LogP contribution in [0.15, 0.2) is 42.5 Å². The van der Waals surface area contributed by atoms with Crippen molar-refractivity contribution in [3.05, 3.63) is 59.2 Å². The van der Waals surface area contributed by atoms with E-state index in [1.165, 1.54) is 4.31 Å². The summed E-state index contributed by atoms with van der Waals surface area (Å²) in [5.74, 6) is 0.986. The van der Waals surface area contributed by atoms with Gasteiger partial charge in [0.25, 0.3) is 5.91 Å². The van der Waals surface area contributed by atoms with Gasteiger partial charge < -0.3 is 19.5 Å². The number of ether oxygens (including phenoxy) is 3. The number of hydrogen-bond donors (Lipinski definition) is 1. The van der Waals surface area contributed by atoms with Crippen molar-refractivity contribution in [2.24, 2.45) is 0 Å². The molecule has 2 aromatic rings. The summed E-state index contributed by atoms with van der Waals surface area (Å²) in [5, 5.41) is 2.88. The molecular weight excluding hydrogens is 432 g/mol. The van der Waals surface area contributed by atoms with Gasteiger partial charge in [-0.25, -0.2) is 8.42 Å². The largest absolute Gasteiger partial charge is 0.490 e. The lowest BCUT2D eigenvalue weighted by Gasteiger charge is -2.26. The number of amides is 1. The Kier molecular flexibility index (Phi) is 8.49. The summed E-state index contributed by atoms with van der Waals surface area (Å²) in [7, 11) is -3.40. The highest BCUT2D eigenvalue weighted by Crippen LogP contribution is 2.28. The zero-order valence-electron chi connectivity index (χ0n) is 18.5. The second-order valence-electron chi connectivity index (χ2n) is 7.29. The van der Waals surface area contributed by atoms with Gasteiger partial charge >= 0.3 is 0 Å². The molecule has 8 nitrogen and oxygen atoms in total. The third-order valence-electron chi connectivity index (χ3n) is 4.99. The van der Waals surface area contributed by atoms with Gasteiger partial charge in [-0.3, -0.25) is 4.79 Å². The predicted molar refractivity (Wildman–Crippen MR) is 121 cm³/mol. The Morgan fingerprint density at radius 3 is 2.25 bits per heavy atom. The van der Waals surface area contributed by atoms with E-state index >= 15 is 0 Å². The third-order valence-corrected chi connectivity index (χ3v) is 6.84. The van der Waals surface area contributed by atoms with Crippen LogP contribution in [0.3, 0.4) is 0 Å². The topological polar surface area (TPSA) is 94.2 Å². The molecule has 3 rings (SSSR count). The second-order valence-corrected chi connectivity index (χ2v) is 9.26. The first-order valence-corrected chi connectivity index (χ1v) is 12.3. The second kappa shape index (κ2) is 11.3. The monoisotopic (exact) mass is 462 g/mol. The minimum absolute atomic E-state index is 0.0959. The van der Waals surface area contributed by atoms with E-state index in [0.29, 0.717) is 68.7 Å². The first-order chi connectivity index (χ1) is 15.4. The molecule has 1 heterocycles. The molecule has 0 atom stereocenters. The lowest BCUT2D eigenvalue weighted by molar-refractivity contribution is 0.0729. The van der Waals surface area contributed by atoms with Crippen LogP contribution in [0.2, 0.25) is 0 Å². The van der Waals surface area contributed by atoms with Crippen molar-refractivity contribution in [2.75, 3.05) is 39.5 Å². The lowest BCUT2D eigenvalue weighted by Crippen LogP contribution is -2.41. The Balaban J connectivity index is 1.58. The number of benzene rings is 2. The molecule has 1 aliphatic heterocycles. The van der Waals surface area contributed by atoms with Crippen molar-refractivity contribution in [1.29, 1.82) is 0 Å². The fourth-order valence-corrected chi connectivity index (χ4v) is 4.87. The number of sulfonamides is 1. The normalized spacial score (nSPS) is 14.7. The average molecular weight is 463 g/mol. The van der Waals surface area contributed by atoms with Crippen LogP contribution in [-0.2, 0) is 27.1 Å². The van der Waals surface area contributed by atoms with Gasteiger partial charge in [-0.1, -0.05) is 18.2 Å². The maximum Gasteiger partial charge on any atom is 0.251 e. The van der Waals surface area contributed by atoms with E-state index in [-0.39, 0.29) is 11.7 Å². The SMILES string of the molecule is CCOc1ccc(CNC(=O)c2ccc(CS(=O)(=O)N3CCOCC3)cc2)cc1OCC. The van der Waals surface area contributed by atoms with Crippen molar-refractivity contribution >= 4 is 15.9 Å². The van der Waals surface area contributed by atoms with Gasteiger partial charge in [0.05, 0.1) is 32.2 Å². The molecule has 32 heavy (non-hydrogen) atoms. The minimum Gasteiger partial charge on any atom is -0.490 e. The number of hydrogen-bond acceptors (Lipinski definition) is 6. The highest BCUT2D eigenvalue weighted by atomic mass is 32.2. The molecule has 0 unspecified atom stereocenters. The van der Waals surface area contributed by atoms with E-state index in [0.717, 1.165) is 5.56 Å². The fourth-order valence-electron chi connectivity index (χ4n) is 3.37. The van der Waals surface area contributed by atoms with Gasteiger partial charge in [0, 0.05) is 25.2 Å². The maximum atomic E-state index is 12.5. The molecule has 0 aliphatic carbocycles. The van der Waals surface area contributed by atoms with E-state index in [9.17, 15) is 13.2 Å². The Labute approximate surface area is 189 Å². The fraction of sp³-hybridized carbons (Fsp3) is 0.435. The number of carbonyl (C=O) groups excluding carboxylic acids is 1. The van der Waals surface area contributed by atoms with Crippen LogP contribution in [0.1, 0.15) is 35.3 Å². The molecule has 2 aromatic carbocycles. The van der Waals surface area contributed by atoms with Gasteiger partial charge in [-0.2, -0.15) is 4.31 Å². The van der Waals surface area contributed by atoms with E-state index in [1.54, 1.807) is 24.3 Å². The highest BCUT2D eigenvalue weighted by Gasteiger charge is 2.24. The molecule has 1 N–H and O–H groups in total. The molecule has 0 aromatic heterocycles. The summed E-state index contributed by atoms with van der Waals surface area (Å²) in [6, 6.07) is 12.2. The zero-order chi connectivity index (χ0) is 23.0. The van der Waals surface area contributed by atoms with Crippen molar-refractivity contribution in [2.45, 2.75) is 26.1 Å². The molecule has 0 radical (unpaired) electrons. The highest BCUT2D eigenvalue weighted by molar-refractivity contribution is 7.88. The van der Waals surface area contributed by atoms with Gasteiger partial charge in [0.15, 0.2) is 11.5 Å². The first kappa shape index (κ1) is 24.0. The first-order valence-electron chi connectivity index (χ1n) is 10.7. The van der Waals surface area contributed by atoms with E-state index < -0.39 is 10.0 Å². The molecule has 1 aliphatic rings. The molecular formula is C23H30N2O6S. The smallest absolute Gasteiger partial charge is 0.251 e. The molecule has 0 spiro atoms. The van der Waals surface area contributed by atoms with Crippen LogP contribution in [0.25, 0.3) is 0 Å². The number of rotatable bonds is 10. The van der Waals surface area contributed by atoms with Gasteiger partial charge in [-0.05, 0) is 49.2 Å². The van der Waals surface area contributed by atoms with Crippen LogP contribution in [0.5, 0.6) is 11.5 Å². The van der Waals surface area contributed by atoms with Gasteiger partial charge in [0.1, 0.15) is 0 Å². The summed E-state index contributed by atoms with van der Waals surface area (Å²) in [4.78, 5) is 12.5. The molecule has 174 valence electrons. The van der Waals surface area contributed by atoms with Crippen molar-refractivity contribution in [3.63, 3.8) is 0 Å². The van der Waals surface area contributed by atoms with E-state index in [4.69, 9.17) is 14.2 Å². The van der Waals surface area contributed by atoms with Crippen LogP contribution >= 0.6 is 0 Å². The quantitative estimate of drug-likeness (QED) is 0.583. The molecule has 0 bridgehead atoms. The van der Waals surface area contributed by atoms with Crippen LogP contribution in [0.4, 0.5) is 0 Å². The molecule has 1 fully saturated rings. The molecule has 9 heteroatoms. The average Bonchev–Trinajstić information content (AvgIpc) is 2.80. The summed E-state index contributed by atoms with van der Waals surface area (Å²) < 4.78 is 42.9. The summed E-state index contributed by atoms with van der Waals surface area (Å²) in [6.07, 6.45) is 0. The van der Waals surface area contributed by atoms with Crippen molar-refractivity contribution in [3.8, 4) is 11.5 Å². The van der Waals surface area contributed by atoms with Gasteiger partial charge in [0.2, 0.25) is 10.0 Å². The van der Waals surface area contributed by atoms with E-state index in [2.05, 4.69) is 5.32 Å². The van der Waals surface area contributed by atoms with E-state index in [1.807, 2.05) is 32.0 Å². The Bertz CT molecular complexity index is 1000.